The molecule has 0 aromatic carbocycles. The molecule has 10 heteroatoms. The van der Waals surface area contributed by atoms with Gasteiger partial charge in [0.25, 0.3) is 0 Å². The number of nitrogens with zero attached hydrogens (tertiary/aromatic N) is 1. The topological polar surface area (TPSA) is 111 Å². The number of hydrogen-bond donors (Lipinski definition) is 2. The van der Waals surface area contributed by atoms with E-state index in [4.69, 9.17) is 13.8 Å². The summed E-state index contributed by atoms with van der Waals surface area (Å²) in [6.07, 6.45) is 83.4. The molecule has 0 rings (SSSR count). The average Bonchev–Trinajstić information content (AvgIpc) is 3.65. The van der Waals surface area contributed by atoms with Gasteiger partial charge in [-0.15, -0.1) is 0 Å². The number of carbonyl (C=O) groups excluding carboxylic acids is 2. The number of phosphoric acid groups is 1. The number of carbonyl (C=O) groups is 2. The summed E-state index contributed by atoms with van der Waals surface area (Å²) >= 11 is 0. The van der Waals surface area contributed by atoms with E-state index in [9.17, 15) is 19.0 Å². The fourth-order valence-corrected chi connectivity index (χ4v) is 11.1. The normalized spacial score (nSPS) is 13.9. The molecular formula is C74H138N2O7P+. The molecule has 2 N–H and O–H groups in total. The number of amides is 1. The van der Waals surface area contributed by atoms with Crippen LogP contribution in [0.4, 0.5) is 0 Å². The van der Waals surface area contributed by atoms with Crippen molar-refractivity contribution in [2.75, 3.05) is 40.9 Å². The van der Waals surface area contributed by atoms with Crippen molar-refractivity contribution in [1.29, 1.82) is 0 Å². The van der Waals surface area contributed by atoms with Crippen molar-refractivity contribution >= 4 is 19.7 Å². The van der Waals surface area contributed by atoms with Crippen LogP contribution in [0.2, 0.25) is 0 Å². The highest BCUT2D eigenvalue weighted by molar-refractivity contribution is 7.47. The minimum Gasteiger partial charge on any atom is -0.456 e. The highest BCUT2D eigenvalue weighted by Gasteiger charge is 2.30. The van der Waals surface area contributed by atoms with Gasteiger partial charge in [0.2, 0.25) is 5.91 Å². The molecule has 1 amide bonds. The number of rotatable bonds is 65. The second-order valence-corrected chi connectivity index (χ2v) is 26.9. The summed E-state index contributed by atoms with van der Waals surface area (Å²) in [7, 11) is 1.49. The van der Waals surface area contributed by atoms with Gasteiger partial charge in [0.1, 0.15) is 19.3 Å². The van der Waals surface area contributed by atoms with Gasteiger partial charge in [-0.25, -0.2) is 4.57 Å². The summed E-state index contributed by atoms with van der Waals surface area (Å²) in [5.41, 5.74) is 0. The van der Waals surface area contributed by atoms with E-state index in [1.165, 1.54) is 205 Å². The lowest BCUT2D eigenvalue weighted by Gasteiger charge is -2.27. The van der Waals surface area contributed by atoms with Crippen molar-refractivity contribution in [1.82, 2.24) is 5.32 Å². The predicted molar refractivity (Wildman–Crippen MR) is 365 cm³/mol. The fraction of sp³-hybridized carbons (Fsp3) is 0.811. The fourth-order valence-electron chi connectivity index (χ4n) is 10.3. The van der Waals surface area contributed by atoms with E-state index in [1.807, 2.05) is 33.3 Å². The van der Waals surface area contributed by atoms with Crippen LogP contribution in [0.5, 0.6) is 0 Å². The molecule has 0 saturated heterocycles. The Hall–Kier alpha value is -2.55. The molecule has 0 aliphatic carbocycles. The first-order valence-electron chi connectivity index (χ1n) is 35.8. The summed E-state index contributed by atoms with van der Waals surface area (Å²) in [6.45, 7) is 7.00. The smallest absolute Gasteiger partial charge is 0.456 e. The molecule has 0 aromatic rings. The molecule has 0 aliphatic heterocycles. The summed E-state index contributed by atoms with van der Waals surface area (Å²) in [4.78, 5) is 37.9. The number of hydrogen-bond acceptors (Lipinski definition) is 6. The first kappa shape index (κ1) is 81.5. The zero-order chi connectivity index (χ0) is 61.4. The highest BCUT2D eigenvalue weighted by Crippen LogP contribution is 2.43. The van der Waals surface area contributed by atoms with Gasteiger partial charge in [0.15, 0.2) is 0 Å². The van der Waals surface area contributed by atoms with Crippen molar-refractivity contribution in [3.63, 3.8) is 0 Å². The Morgan fingerprint density at radius 1 is 0.417 bits per heavy atom. The van der Waals surface area contributed by atoms with Crippen LogP contribution in [0.15, 0.2) is 72.9 Å². The summed E-state index contributed by atoms with van der Waals surface area (Å²) < 4.78 is 30.8. The lowest BCUT2D eigenvalue weighted by atomic mass is 10.0. The number of ether oxygens (including phenoxy) is 1. The molecule has 84 heavy (non-hydrogen) atoms. The average molecular weight is 1200 g/mol. The van der Waals surface area contributed by atoms with E-state index in [1.54, 1.807) is 0 Å². The molecule has 9 nitrogen and oxygen atoms in total. The Labute approximate surface area is 521 Å². The Morgan fingerprint density at radius 2 is 0.726 bits per heavy atom. The molecule has 0 bridgehead atoms. The molecule has 0 radical (unpaired) electrons. The molecule has 0 aromatic heterocycles. The van der Waals surface area contributed by atoms with Gasteiger partial charge in [-0.3, -0.25) is 18.6 Å². The van der Waals surface area contributed by atoms with E-state index < -0.39 is 20.0 Å². The molecule has 3 atom stereocenters. The minimum atomic E-state index is -4.46. The summed E-state index contributed by atoms with van der Waals surface area (Å²) in [6, 6.07) is -0.859. The number of esters is 1. The Bertz CT molecular complexity index is 1670. The number of likely N-dealkylation sites (N-methyl/N-ethyl adjacent to an activating group) is 1. The van der Waals surface area contributed by atoms with Crippen molar-refractivity contribution in [3.8, 4) is 0 Å². The number of phosphoric ester groups is 1. The molecule has 490 valence electrons. The lowest BCUT2D eigenvalue weighted by Crippen LogP contribution is -2.47. The molecule has 0 saturated carbocycles. The predicted octanol–water partition coefficient (Wildman–Crippen LogP) is 22.7. The van der Waals surface area contributed by atoms with Crippen molar-refractivity contribution in [2.24, 2.45) is 0 Å². The van der Waals surface area contributed by atoms with Gasteiger partial charge in [0, 0.05) is 12.8 Å². The number of allylic oxidation sites excluding steroid dienone is 11. The van der Waals surface area contributed by atoms with Crippen LogP contribution in [0, 0.1) is 0 Å². The molecule has 0 aliphatic rings. The lowest BCUT2D eigenvalue weighted by molar-refractivity contribution is -0.870. The Balaban J connectivity index is 5.09. The van der Waals surface area contributed by atoms with E-state index >= 15 is 0 Å². The van der Waals surface area contributed by atoms with E-state index in [0.717, 1.165) is 96.3 Å². The zero-order valence-electron chi connectivity index (χ0n) is 56.1. The van der Waals surface area contributed by atoms with Gasteiger partial charge in [-0.05, 0) is 102 Å². The van der Waals surface area contributed by atoms with Crippen LogP contribution in [0.25, 0.3) is 0 Å². The molecule has 3 unspecified atom stereocenters. The third kappa shape index (κ3) is 63.9. The maximum absolute atomic E-state index is 13.6. The second kappa shape index (κ2) is 63.5. The standard InChI is InChI=1S/C74H137N2O7P/c1-7-10-13-16-19-22-25-28-30-32-34-36-37-38-39-41-42-44-46-48-51-54-57-60-63-66-73(77)75-71(70-82-84(79,80)81-69-68-76(4,5)6)72(65-62-59-56-53-50-27-24-21-18-15-12-9-3)83-74(78)67-64-61-58-55-52-49-47-45-43-40-35-33-31-29-26-23-20-17-14-11-8-2/h20,23,28-31,35,40,45,47,62,65,71-72H,7-19,21-22,24-27,32-34,36-39,41-44,46,48-61,63-64,66-70H2,1-6H3,(H-,75,77,79,80)/p+1/b23-20-,30-28+,31-29-,40-35-,47-45-,65-62-. The van der Waals surface area contributed by atoms with E-state index in [2.05, 4.69) is 86.8 Å². The maximum atomic E-state index is 13.6. The van der Waals surface area contributed by atoms with Crippen LogP contribution in [0.1, 0.15) is 335 Å². The third-order valence-electron chi connectivity index (χ3n) is 15.9. The quantitative estimate of drug-likeness (QED) is 0.0205. The zero-order valence-corrected chi connectivity index (χ0v) is 57.0. The minimum absolute atomic E-state index is 0.0359. The number of nitrogens with one attached hydrogen (secondary N) is 1. The van der Waals surface area contributed by atoms with Crippen LogP contribution in [-0.2, 0) is 27.9 Å². The van der Waals surface area contributed by atoms with Gasteiger partial charge < -0.3 is 19.4 Å². The van der Waals surface area contributed by atoms with Gasteiger partial charge in [-0.2, -0.15) is 0 Å². The molecule has 0 spiro atoms. The SMILES string of the molecule is CCCCC/C=C\C/C=C\C/C=C\C/C=C\CCCCCCCC(=O)OC(/C=C\CCCCCCCCCCCC)C(COP(=O)(O)OCC[N+](C)(C)C)NC(=O)CCCCCCCCCCCCCCCCC/C=C/CCCCCCCC. The van der Waals surface area contributed by atoms with E-state index in [0.29, 0.717) is 17.4 Å². The summed E-state index contributed by atoms with van der Waals surface area (Å²) in [5.74, 6) is -0.516. The van der Waals surface area contributed by atoms with Crippen molar-refractivity contribution in [2.45, 2.75) is 348 Å². The third-order valence-corrected chi connectivity index (χ3v) is 16.9. The van der Waals surface area contributed by atoms with Gasteiger partial charge >= 0.3 is 13.8 Å². The van der Waals surface area contributed by atoms with Crippen LogP contribution in [0.3, 0.4) is 0 Å². The van der Waals surface area contributed by atoms with E-state index in [-0.39, 0.29) is 31.5 Å². The van der Waals surface area contributed by atoms with Crippen molar-refractivity contribution in [3.05, 3.63) is 72.9 Å². The monoisotopic (exact) mass is 1200 g/mol. The first-order valence-corrected chi connectivity index (χ1v) is 37.3. The Morgan fingerprint density at radius 3 is 1.12 bits per heavy atom. The number of unbranched alkanes of at least 4 members (excludes halogenated alkanes) is 39. The second-order valence-electron chi connectivity index (χ2n) is 25.4. The first-order chi connectivity index (χ1) is 40.9. The van der Waals surface area contributed by atoms with Crippen LogP contribution < -0.4 is 5.32 Å². The van der Waals surface area contributed by atoms with Gasteiger partial charge in [-0.1, -0.05) is 293 Å². The molecular weight excluding hydrogens is 1060 g/mol. The van der Waals surface area contributed by atoms with Crippen LogP contribution >= 0.6 is 7.82 Å². The molecule has 0 fully saturated rings. The largest absolute Gasteiger partial charge is 0.472 e. The molecule has 0 heterocycles. The van der Waals surface area contributed by atoms with Gasteiger partial charge in [0.05, 0.1) is 33.8 Å². The van der Waals surface area contributed by atoms with Crippen LogP contribution in [-0.4, -0.2) is 74.3 Å². The highest BCUT2D eigenvalue weighted by atomic mass is 31.2. The number of quaternary nitrogens is 1. The maximum Gasteiger partial charge on any atom is 0.472 e. The van der Waals surface area contributed by atoms with Crippen molar-refractivity contribution < 1.29 is 37.3 Å². The summed E-state index contributed by atoms with van der Waals surface area (Å²) in [5, 5.41) is 3.07. The Kier molecular flexibility index (Phi) is 61.5.